The van der Waals surface area contributed by atoms with E-state index in [2.05, 4.69) is 37.7 Å². The Kier molecular flexibility index (Phi) is 7.41. The Morgan fingerprint density at radius 1 is 1.07 bits per heavy atom. The Balaban J connectivity index is 1.15. The van der Waals surface area contributed by atoms with Gasteiger partial charge in [0.15, 0.2) is 5.69 Å². The van der Waals surface area contributed by atoms with Gasteiger partial charge in [-0.05, 0) is 86.8 Å². The van der Waals surface area contributed by atoms with Crippen LogP contribution in [0.15, 0.2) is 47.5 Å². The van der Waals surface area contributed by atoms with Gasteiger partial charge in [0, 0.05) is 35.7 Å². The number of cyclic esters (lactones) is 1. The van der Waals surface area contributed by atoms with Crippen LogP contribution in [-0.2, 0) is 9.53 Å². The second kappa shape index (κ2) is 11.1. The molecule has 8 atom stereocenters. The van der Waals surface area contributed by atoms with Crippen molar-refractivity contribution in [1.82, 2.24) is 20.4 Å². The lowest BCUT2D eigenvalue weighted by Crippen LogP contribution is -2.68. The molecule has 0 aromatic carbocycles. The van der Waals surface area contributed by atoms with Gasteiger partial charge in [0.05, 0.1) is 23.6 Å². The Labute approximate surface area is 265 Å². The summed E-state index contributed by atoms with van der Waals surface area (Å²) in [5.74, 6) is -1.59. The number of H-pyrrole nitrogens is 1. The van der Waals surface area contributed by atoms with Crippen molar-refractivity contribution in [1.29, 1.82) is 0 Å². The number of esters is 1. The van der Waals surface area contributed by atoms with Gasteiger partial charge in [-0.1, -0.05) is 13.0 Å². The molecule has 2 amide bonds. The summed E-state index contributed by atoms with van der Waals surface area (Å²) in [6, 6.07) is 5.06. The zero-order valence-electron chi connectivity index (χ0n) is 25.7. The average molecular weight is 633 g/mol. The summed E-state index contributed by atoms with van der Waals surface area (Å²) in [4.78, 5) is 48.8. The Morgan fingerprint density at radius 2 is 1.89 bits per heavy atom. The molecule has 0 radical (unpaired) electrons. The molecule has 5 aliphatic rings. The molecule has 13 nitrogen and oxygen atoms in total. The fourth-order valence-electron chi connectivity index (χ4n) is 9.87. The number of aliphatic hydroxyl groups is 3. The first kappa shape index (κ1) is 30.7. The number of aromatic amines is 1. The molecule has 4 fully saturated rings. The van der Waals surface area contributed by atoms with Crippen molar-refractivity contribution in [2.45, 2.75) is 82.0 Å². The lowest BCUT2D eigenvalue weighted by Gasteiger charge is -2.65. The lowest BCUT2D eigenvalue weighted by atomic mass is 9.41. The van der Waals surface area contributed by atoms with Crippen molar-refractivity contribution in [3.05, 3.63) is 53.8 Å². The van der Waals surface area contributed by atoms with E-state index >= 15 is 0 Å². The molecular weight excluding hydrogens is 592 g/mol. The third kappa shape index (κ3) is 4.62. The van der Waals surface area contributed by atoms with Gasteiger partial charge in [-0.25, -0.2) is 20.2 Å². The highest BCUT2D eigenvalue weighted by molar-refractivity contribution is 6.09. The maximum atomic E-state index is 13.2. The van der Waals surface area contributed by atoms with Crippen molar-refractivity contribution >= 4 is 29.8 Å². The number of carbonyl (C=O) groups excluding carboxylic acids is 3. The van der Waals surface area contributed by atoms with E-state index in [0.29, 0.717) is 50.8 Å². The predicted octanol–water partition coefficient (Wildman–Crippen LogP) is 2.49. The van der Waals surface area contributed by atoms with Crippen LogP contribution in [0.2, 0.25) is 0 Å². The summed E-state index contributed by atoms with van der Waals surface area (Å²) in [5, 5.41) is 42.4. The standard InChI is InChI=1S/C33H40N6O7/c1-30-9-6-22-23(33(30,45)12-8-21(30)19-14-25(41)46-16-19)7-11-32(44)15-20(40)5-10-31(22,32)17-37-39-29(43)27-26(35-18-36-27)28(42)38-24-4-2-3-13-34-24/h2-4,13-14,17-18,20-23,40,44-45H,5-12,15-16H2,1H3,(H,35,36)(H,39,43)(H,34,38,42)/b37-17+/t20-,21+,22+,23-,30-,31+,32+,33-/m1/s1. The van der Waals surface area contributed by atoms with Crippen LogP contribution in [0, 0.1) is 28.6 Å². The van der Waals surface area contributed by atoms with Crippen LogP contribution < -0.4 is 10.7 Å². The summed E-state index contributed by atoms with van der Waals surface area (Å²) in [5.41, 5.74) is -0.423. The molecule has 13 heteroatoms. The summed E-state index contributed by atoms with van der Waals surface area (Å²) in [7, 11) is 0. The zero-order chi connectivity index (χ0) is 32.3. The van der Waals surface area contributed by atoms with Gasteiger partial charge in [0.2, 0.25) is 0 Å². The average Bonchev–Trinajstić information content (AvgIpc) is 3.75. The summed E-state index contributed by atoms with van der Waals surface area (Å²) >= 11 is 0. The second-order valence-corrected chi connectivity index (χ2v) is 14.0. The van der Waals surface area contributed by atoms with Crippen molar-refractivity contribution in [2.24, 2.45) is 33.7 Å². The summed E-state index contributed by atoms with van der Waals surface area (Å²) in [6.07, 6.45) is 10.1. The minimum Gasteiger partial charge on any atom is -0.458 e. The number of anilines is 1. The van der Waals surface area contributed by atoms with E-state index in [-0.39, 0.29) is 48.1 Å². The number of amides is 2. The highest BCUT2D eigenvalue weighted by Crippen LogP contribution is 2.70. The number of imidazole rings is 1. The van der Waals surface area contributed by atoms with Gasteiger partial charge in [-0.15, -0.1) is 0 Å². The monoisotopic (exact) mass is 632 g/mol. The number of fused-ring (bicyclic) bond motifs is 5. The predicted molar refractivity (Wildman–Crippen MR) is 164 cm³/mol. The molecular formula is C33H40N6O7. The number of nitrogens with zero attached hydrogens (tertiary/aromatic N) is 3. The number of ether oxygens (including phenoxy) is 1. The summed E-state index contributed by atoms with van der Waals surface area (Å²) in [6.45, 7) is 2.39. The van der Waals surface area contributed by atoms with Crippen LogP contribution in [-0.4, -0.2) is 78.2 Å². The molecule has 3 heterocycles. The molecule has 1 aliphatic heterocycles. The van der Waals surface area contributed by atoms with Crippen LogP contribution in [0.1, 0.15) is 85.7 Å². The quantitative estimate of drug-likeness (QED) is 0.157. The van der Waals surface area contributed by atoms with E-state index in [0.717, 1.165) is 12.0 Å². The SMILES string of the molecule is C[C@]12CC[C@H]3[C@@H](CC[C@]4(O)C[C@H](O)CC[C@]34/C=N/NC(=O)c3nc[nH]c3C(=O)Nc3ccccn3)[C@]1(O)CC[C@H]2C1=CC(=O)OC1. The number of nitrogens with one attached hydrogen (secondary N) is 3. The molecule has 6 N–H and O–H groups in total. The third-order valence-corrected chi connectivity index (χ3v) is 12.1. The van der Waals surface area contributed by atoms with E-state index in [9.17, 15) is 29.7 Å². The molecule has 0 saturated heterocycles. The Morgan fingerprint density at radius 3 is 2.65 bits per heavy atom. The number of rotatable bonds is 6. The summed E-state index contributed by atoms with van der Waals surface area (Å²) < 4.78 is 5.24. The van der Waals surface area contributed by atoms with E-state index < -0.39 is 40.0 Å². The molecule has 244 valence electrons. The van der Waals surface area contributed by atoms with E-state index in [1.165, 1.54) is 12.5 Å². The molecule has 4 aliphatic carbocycles. The normalized spacial score (nSPS) is 38.3. The van der Waals surface area contributed by atoms with Gasteiger partial charge < -0.3 is 30.4 Å². The largest absolute Gasteiger partial charge is 0.458 e. The van der Waals surface area contributed by atoms with E-state index in [1.807, 2.05) is 0 Å². The van der Waals surface area contributed by atoms with Gasteiger partial charge in [-0.2, -0.15) is 5.10 Å². The van der Waals surface area contributed by atoms with Crippen LogP contribution in [0.3, 0.4) is 0 Å². The minimum atomic E-state index is -1.28. The zero-order valence-corrected chi connectivity index (χ0v) is 25.7. The lowest BCUT2D eigenvalue weighted by molar-refractivity contribution is -0.237. The van der Waals surface area contributed by atoms with Crippen LogP contribution in [0.4, 0.5) is 5.82 Å². The molecule has 0 unspecified atom stereocenters. The molecule has 2 aromatic heterocycles. The van der Waals surface area contributed by atoms with Crippen molar-refractivity contribution in [3.8, 4) is 0 Å². The number of hydrazone groups is 1. The number of pyridine rings is 1. The van der Waals surface area contributed by atoms with Crippen molar-refractivity contribution in [3.63, 3.8) is 0 Å². The van der Waals surface area contributed by atoms with Gasteiger partial charge in [0.25, 0.3) is 11.8 Å². The Bertz CT molecular complexity index is 1610. The number of aromatic nitrogens is 3. The molecule has 0 spiro atoms. The van der Waals surface area contributed by atoms with Gasteiger partial charge in [-0.3, -0.25) is 9.59 Å². The maximum Gasteiger partial charge on any atom is 0.331 e. The van der Waals surface area contributed by atoms with Gasteiger partial charge in [0.1, 0.15) is 18.1 Å². The number of aliphatic hydroxyl groups excluding tert-OH is 1. The minimum absolute atomic E-state index is 0.0284. The highest BCUT2D eigenvalue weighted by Gasteiger charge is 2.71. The number of hydrogen-bond donors (Lipinski definition) is 6. The maximum absolute atomic E-state index is 13.2. The molecule has 4 saturated carbocycles. The molecule has 0 bridgehead atoms. The van der Waals surface area contributed by atoms with E-state index in [1.54, 1.807) is 30.5 Å². The smallest absolute Gasteiger partial charge is 0.331 e. The van der Waals surface area contributed by atoms with Crippen LogP contribution in [0.5, 0.6) is 0 Å². The fraction of sp³-hybridized carbons (Fsp3) is 0.576. The first-order valence-corrected chi connectivity index (χ1v) is 16.1. The second-order valence-electron chi connectivity index (χ2n) is 14.0. The molecule has 46 heavy (non-hydrogen) atoms. The van der Waals surface area contributed by atoms with E-state index in [4.69, 9.17) is 4.74 Å². The van der Waals surface area contributed by atoms with Crippen LogP contribution in [0.25, 0.3) is 0 Å². The fourth-order valence-corrected chi connectivity index (χ4v) is 9.87. The highest BCUT2D eigenvalue weighted by atomic mass is 16.5. The number of hydrogen-bond acceptors (Lipinski definition) is 10. The third-order valence-electron chi connectivity index (χ3n) is 12.1. The van der Waals surface area contributed by atoms with Gasteiger partial charge >= 0.3 is 5.97 Å². The molecule has 7 rings (SSSR count). The van der Waals surface area contributed by atoms with Crippen molar-refractivity contribution < 1.29 is 34.4 Å². The first-order valence-electron chi connectivity index (χ1n) is 16.1. The first-order chi connectivity index (χ1) is 22.0. The Hall–Kier alpha value is -3.94. The van der Waals surface area contributed by atoms with Crippen LogP contribution >= 0.6 is 0 Å². The number of carbonyl (C=O) groups is 3. The molecule has 2 aromatic rings. The van der Waals surface area contributed by atoms with Crippen molar-refractivity contribution in [2.75, 3.05) is 11.9 Å². The topological polar surface area (TPSA) is 199 Å².